The number of hydrogen-bond donors (Lipinski definition) is 0. The van der Waals surface area contributed by atoms with Crippen molar-refractivity contribution in [3.8, 4) is 5.75 Å². The van der Waals surface area contributed by atoms with E-state index in [0.717, 1.165) is 11.1 Å². The molecular weight excluding hydrogens is 456 g/mol. The van der Waals surface area contributed by atoms with Crippen LogP contribution < -0.4 is 9.64 Å². The maximum absolute atomic E-state index is 13.3. The number of anilines is 1. The van der Waals surface area contributed by atoms with E-state index < -0.39 is 15.9 Å². The molecule has 2 aliphatic rings. The minimum atomic E-state index is -3.26. The van der Waals surface area contributed by atoms with Crippen molar-refractivity contribution in [1.29, 1.82) is 0 Å². The van der Waals surface area contributed by atoms with Crippen LogP contribution in [0, 0.1) is 0 Å². The standard InChI is InChI=1S/C24H24N4O5S/c1-26-19-5-3-4-6-21(19)33-15-20(23(26)29)28-12-11-17-14-27(25-22(17)24(28)30)13-16-7-9-18(10-8-16)34(2,31)32/h3-10,14,20H,11-13,15H2,1-2H3/t20-/m0/s1. The van der Waals surface area contributed by atoms with Gasteiger partial charge in [-0.15, -0.1) is 0 Å². The van der Waals surface area contributed by atoms with Crippen LogP contribution in [0.1, 0.15) is 21.6 Å². The number of rotatable bonds is 4. The number of aromatic nitrogens is 2. The number of hydrogen-bond acceptors (Lipinski definition) is 6. The van der Waals surface area contributed by atoms with E-state index in [1.807, 2.05) is 30.5 Å². The molecule has 2 aromatic carbocycles. The van der Waals surface area contributed by atoms with Crippen molar-refractivity contribution in [3.05, 3.63) is 71.5 Å². The van der Waals surface area contributed by atoms with E-state index >= 15 is 0 Å². The van der Waals surface area contributed by atoms with Gasteiger partial charge in [0.1, 0.15) is 18.4 Å². The van der Waals surface area contributed by atoms with Crippen molar-refractivity contribution in [3.63, 3.8) is 0 Å². The summed E-state index contributed by atoms with van der Waals surface area (Å²) in [6, 6.07) is 13.2. The lowest BCUT2D eigenvalue weighted by molar-refractivity contribution is -0.123. The summed E-state index contributed by atoms with van der Waals surface area (Å²) < 4.78 is 30.9. The fourth-order valence-electron chi connectivity index (χ4n) is 4.37. The Kier molecular flexibility index (Phi) is 5.40. The molecule has 0 spiro atoms. The van der Waals surface area contributed by atoms with Gasteiger partial charge in [-0.3, -0.25) is 14.3 Å². The van der Waals surface area contributed by atoms with Crippen LogP contribution in [0.3, 0.4) is 0 Å². The monoisotopic (exact) mass is 480 g/mol. The van der Waals surface area contributed by atoms with Crippen molar-refractivity contribution in [2.45, 2.75) is 23.9 Å². The third-order valence-corrected chi connectivity index (χ3v) is 7.36. The number of ether oxygens (including phenoxy) is 1. The first kappa shape index (κ1) is 22.1. The highest BCUT2D eigenvalue weighted by Gasteiger charge is 2.39. The van der Waals surface area contributed by atoms with E-state index in [1.54, 1.807) is 40.9 Å². The molecule has 176 valence electrons. The second kappa shape index (κ2) is 8.28. The molecule has 0 unspecified atom stereocenters. The number of sulfone groups is 1. The van der Waals surface area contributed by atoms with Crippen LogP contribution >= 0.6 is 0 Å². The van der Waals surface area contributed by atoms with Crippen LogP contribution in [-0.2, 0) is 27.6 Å². The molecule has 9 nitrogen and oxygen atoms in total. The average molecular weight is 481 g/mol. The number of amides is 2. The molecule has 0 saturated carbocycles. The largest absolute Gasteiger partial charge is 0.489 e. The van der Waals surface area contributed by atoms with E-state index in [1.165, 1.54) is 11.2 Å². The van der Waals surface area contributed by atoms with Crippen molar-refractivity contribution in [1.82, 2.24) is 14.7 Å². The molecule has 1 aromatic heterocycles. The zero-order chi connectivity index (χ0) is 24.0. The van der Waals surface area contributed by atoms with Crippen LogP contribution in [0.15, 0.2) is 59.6 Å². The number of carbonyl (C=O) groups excluding carboxylic acids is 2. The van der Waals surface area contributed by atoms with Gasteiger partial charge in [0.15, 0.2) is 15.5 Å². The molecule has 10 heteroatoms. The summed E-state index contributed by atoms with van der Waals surface area (Å²) in [5, 5.41) is 4.49. The van der Waals surface area contributed by atoms with E-state index in [9.17, 15) is 18.0 Å². The predicted molar refractivity (Wildman–Crippen MR) is 125 cm³/mol. The van der Waals surface area contributed by atoms with Crippen LogP contribution in [0.4, 0.5) is 5.69 Å². The third kappa shape index (κ3) is 3.94. The normalized spacial score (nSPS) is 18.2. The second-order valence-electron chi connectivity index (χ2n) is 8.56. The SMILES string of the molecule is CN1C(=O)[C@@H](N2CCc3cn(Cc4ccc(S(C)(=O)=O)cc4)nc3C2=O)COc2ccccc21. The van der Waals surface area contributed by atoms with Crippen LogP contribution in [0.25, 0.3) is 0 Å². The van der Waals surface area contributed by atoms with Crippen molar-refractivity contribution in [2.24, 2.45) is 0 Å². The Bertz CT molecular complexity index is 1380. The number of benzene rings is 2. The highest BCUT2D eigenvalue weighted by Crippen LogP contribution is 2.32. The van der Waals surface area contributed by atoms with Crippen molar-refractivity contribution in [2.75, 3.05) is 31.4 Å². The molecule has 0 N–H and O–H groups in total. The molecule has 0 fully saturated rings. The van der Waals surface area contributed by atoms with Crippen LogP contribution in [0.2, 0.25) is 0 Å². The lowest BCUT2D eigenvalue weighted by atomic mass is 10.0. The molecule has 1 atom stereocenters. The van der Waals surface area contributed by atoms with Crippen molar-refractivity contribution >= 4 is 27.3 Å². The van der Waals surface area contributed by atoms with Gasteiger partial charge in [0.05, 0.1) is 17.1 Å². The molecule has 2 aliphatic heterocycles. The minimum Gasteiger partial charge on any atom is -0.489 e. The van der Waals surface area contributed by atoms with Gasteiger partial charge in [-0.1, -0.05) is 24.3 Å². The van der Waals surface area contributed by atoms with Gasteiger partial charge in [0, 0.05) is 31.6 Å². The summed E-state index contributed by atoms with van der Waals surface area (Å²) in [5.41, 5.74) is 2.69. The van der Waals surface area contributed by atoms with Gasteiger partial charge in [-0.25, -0.2) is 8.42 Å². The molecule has 5 rings (SSSR count). The number of nitrogens with zero attached hydrogens (tertiary/aromatic N) is 4. The number of para-hydroxylation sites is 2. The summed E-state index contributed by atoms with van der Waals surface area (Å²) in [6.07, 6.45) is 3.58. The topological polar surface area (TPSA) is 102 Å². The summed E-state index contributed by atoms with van der Waals surface area (Å²) in [6.45, 7) is 0.868. The van der Waals surface area contributed by atoms with Crippen LogP contribution in [0.5, 0.6) is 5.75 Å². The second-order valence-corrected chi connectivity index (χ2v) is 10.6. The molecule has 2 amide bonds. The molecule has 0 aliphatic carbocycles. The van der Waals surface area contributed by atoms with E-state index in [0.29, 0.717) is 36.6 Å². The smallest absolute Gasteiger partial charge is 0.275 e. The van der Waals surface area contributed by atoms with E-state index in [4.69, 9.17) is 4.74 Å². The Morgan fingerprint density at radius 2 is 1.82 bits per heavy atom. The summed E-state index contributed by atoms with van der Waals surface area (Å²) in [7, 11) is -1.57. The predicted octanol–water partition coefficient (Wildman–Crippen LogP) is 1.76. The van der Waals surface area contributed by atoms with Gasteiger partial charge >= 0.3 is 0 Å². The zero-order valence-corrected chi connectivity index (χ0v) is 19.7. The minimum absolute atomic E-state index is 0.0780. The fourth-order valence-corrected chi connectivity index (χ4v) is 5.00. The number of fused-ring (bicyclic) bond motifs is 2. The Hall–Kier alpha value is -3.66. The Labute approximate surface area is 197 Å². The molecule has 0 saturated heterocycles. The summed E-state index contributed by atoms with van der Waals surface area (Å²) in [4.78, 5) is 29.9. The number of likely N-dealkylation sites (N-methyl/N-ethyl adjacent to an activating group) is 1. The average Bonchev–Trinajstić information content (AvgIpc) is 3.18. The fraction of sp³-hybridized carbons (Fsp3) is 0.292. The van der Waals surface area contributed by atoms with Gasteiger partial charge in [0.2, 0.25) is 0 Å². The first-order valence-corrected chi connectivity index (χ1v) is 12.8. The quantitative estimate of drug-likeness (QED) is 0.564. The lowest BCUT2D eigenvalue weighted by Crippen LogP contribution is -2.54. The molecule has 0 radical (unpaired) electrons. The van der Waals surface area contributed by atoms with Gasteiger partial charge < -0.3 is 14.5 Å². The Morgan fingerprint density at radius 1 is 1.09 bits per heavy atom. The highest BCUT2D eigenvalue weighted by molar-refractivity contribution is 7.90. The third-order valence-electron chi connectivity index (χ3n) is 6.23. The molecule has 3 aromatic rings. The summed E-state index contributed by atoms with van der Waals surface area (Å²) in [5.74, 6) is 0.109. The maximum atomic E-state index is 13.3. The first-order chi connectivity index (χ1) is 16.2. The zero-order valence-electron chi connectivity index (χ0n) is 18.8. The molecule has 34 heavy (non-hydrogen) atoms. The summed E-state index contributed by atoms with van der Waals surface area (Å²) >= 11 is 0. The first-order valence-electron chi connectivity index (χ1n) is 10.9. The Balaban J connectivity index is 1.35. The Morgan fingerprint density at radius 3 is 2.56 bits per heavy atom. The molecular formula is C24H24N4O5S. The molecule has 3 heterocycles. The van der Waals surface area contributed by atoms with Gasteiger partial charge in [0.25, 0.3) is 11.8 Å². The van der Waals surface area contributed by atoms with Crippen molar-refractivity contribution < 1.29 is 22.7 Å². The van der Waals surface area contributed by atoms with Gasteiger partial charge in [-0.05, 0) is 36.2 Å². The number of carbonyl (C=O) groups is 2. The maximum Gasteiger partial charge on any atom is 0.275 e. The van der Waals surface area contributed by atoms with Gasteiger partial charge in [-0.2, -0.15) is 5.10 Å². The molecule has 0 bridgehead atoms. The van der Waals surface area contributed by atoms with E-state index in [2.05, 4.69) is 5.10 Å². The van der Waals surface area contributed by atoms with Crippen LogP contribution in [-0.4, -0.2) is 67.4 Å². The highest BCUT2D eigenvalue weighted by atomic mass is 32.2. The lowest BCUT2D eigenvalue weighted by Gasteiger charge is -2.33. The van der Waals surface area contributed by atoms with E-state index in [-0.39, 0.29) is 23.3 Å².